The van der Waals surface area contributed by atoms with E-state index >= 15 is 0 Å². The number of hydrogen-bond donors (Lipinski definition) is 1. The lowest BCUT2D eigenvalue weighted by molar-refractivity contribution is -0.170. The third kappa shape index (κ3) is 2.83. The number of nitrogens with one attached hydrogen (secondary N) is 1. The van der Waals surface area contributed by atoms with Gasteiger partial charge in [-0.05, 0) is 12.1 Å². The highest BCUT2D eigenvalue weighted by atomic mass is 35.5. The fraction of sp³-hybridized carbons (Fsp3) is 0.611. The summed E-state index contributed by atoms with van der Waals surface area (Å²) in [7, 11) is 0. The lowest BCUT2D eigenvalue weighted by Crippen LogP contribution is -2.74. The van der Waals surface area contributed by atoms with Crippen LogP contribution in [0.15, 0.2) is 18.2 Å². The Morgan fingerprint density at radius 3 is 2.27 bits per heavy atom. The van der Waals surface area contributed by atoms with Crippen molar-refractivity contribution < 1.29 is 4.74 Å². The van der Waals surface area contributed by atoms with Crippen LogP contribution in [0.1, 0.15) is 41.5 Å². The van der Waals surface area contributed by atoms with Crippen molar-refractivity contribution in [3.63, 3.8) is 0 Å². The second-order valence-electron chi connectivity index (χ2n) is 7.62. The van der Waals surface area contributed by atoms with Gasteiger partial charge < -0.3 is 10.1 Å². The molecule has 0 spiro atoms. The fourth-order valence-corrected chi connectivity index (χ4v) is 4.19. The van der Waals surface area contributed by atoms with E-state index in [2.05, 4.69) is 51.7 Å². The van der Waals surface area contributed by atoms with E-state index in [0.29, 0.717) is 22.8 Å². The van der Waals surface area contributed by atoms with Crippen molar-refractivity contribution in [2.45, 2.75) is 59.7 Å². The van der Waals surface area contributed by atoms with Gasteiger partial charge in [-0.1, -0.05) is 59.2 Å². The predicted molar refractivity (Wildman–Crippen MR) is 91.8 cm³/mol. The molecule has 0 aromatic heterocycles. The van der Waals surface area contributed by atoms with E-state index in [1.807, 2.05) is 6.07 Å². The number of hydrogen-bond acceptors (Lipinski definition) is 2. The van der Waals surface area contributed by atoms with Crippen molar-refractivity contribution in [3.05, 3.63) is 34.6 Å². The van der Waals surface area contributed by atoms with E-state index in [1.54, 1.807) is 12.1 Å². The fourth-order valence-electron chi connectivity index (χ4n) is 3.98. The van der Waals surface area contributed by atoms with Crippen LogP contribution >= 0.6 is 11.6 Å². The maximum Gasteiger partial charge on any atom is 0.205 e. The summed E-state index contributed by atoms with van der Waals surface area (Å²) in [6.07, 6.45) is 0.0890. The smallest absolute Gasteiger partial charge is 0.205 e. The minimum atomic E-state index is 0.0265. The molecule has 1 fully saturated rings. The lowest BCUT2D eigenvalue weighted by Gasteiger charge is -2.63. The molecule has 22 heavy (non-hydrogen) atoms. The van der Waals surface area contributed by atoms with Crippen LogP contribution in [0.4, 0.5) is 5.69 Å². The summed E-state index contributed by atoms with van der Waals surface area (Å²) >= 11 is 6.11. The van der Waals surface area contributed by atoms with Gasteiger partial charge in [0.25, 0.3) is 0 Å². The van der Waals surface area contributed by atoms with Crippen LogP contribution in [-0.2, 0) is 0 Å². The predicted octanol–water partition coefficient (Wildman–Crippen LogP) is 5.07. The number of benzene rings is 1. The first-order valence-electron chi connectivity index (χ1n) is 7.70. The van der Waals surface area contributed by atoms with E-state index in [0.717, 1.165) is 5.75 Å². The van der Waals surface area contributed by atoms with Crippen molar-refractivity contribution in [2.75, 3.05) is 0 Å². The maximum absolute atomic E-state index is 7.05. The van der Waals surface area contributed by atoms with Crippen molar-refractivity contribution in [1.29, 1.82) is 0 Å². The average molecular weight is 321 g/mol. The van der Waals surface area contributed by atoms with Gasteiger partial charge in [0.1, 0.15) is 11.9 Å². The summed E-state index contributed by atoms with van der Waals surface area (Å²) in [5.41, 5.74) is 0.512. The second-order valence-corrected chi connectivity index (χ2v) is 8.03. The molecule has 3 nitrogen and oxygen atoms in total. The van der Waals surface area contributed by atoms with Crippen LogP contribution in [0.3, 0.4) is 0 Å². The number of ether oxygens (including phenoxy) is 1. The number of nitrogens with zero attached hydrogens (tertiary/aromatic N) is 1. The Labute approximate surface area is 138 Å². The van der Waals surface area contributed by atoms with Crippen molar-refractivity contribution in [3.8, 4) is 5.75 Å². The van der Waals surface area contributed by atoms with Crippen LogP contribution in [0, 0.1) is 17.4 Å². The molecule has 4 heteroatoms. The molecule has 0 aliphatic heterocycles. The topological polar surface area (TPSA) is 25.6 Å². The average Bonchev–Trinajstić information content (AvgIpc) is 2.41. The van der Waals surface area contributed by atoms with Crippen LogP contribution in [0.5, 0.6) is 5.75 Å². The summed E-state index contributed by atoms with van der Waals surface area (Å²) in [6.45, 7) is 20.3. The molecule has 0 radical (unpaired) electrons. The van der Waals surface area contributed by atoms with Crippen LogP contribution in [0.2, 0.25) is 5.02 Å². The van der Waals surface area contributed by atoms with E-state index in [4.69, 9.17) is 22.9 Å². The first kappa shape index (κ1) is 17.1. The molecule has 0 atom stereocenters. The summed E-state index contributed by atoms with van der Waals surface area (Å²) in [6, 6.07) is 6.12. The molecule has 0 bridgehead atoms. The lowest BCUT2D eigenvalue weighted by atomic mass is 9.49. The standard InChI is InChI=1S/C18H25ClN2O/c1-11(2)21-15-17(3,4)16(18(15,5)6)22-12-8-9-14(20-7)13(19)10-12/h8-11,15-16,21H,1-6H3. The van der Waals surface area contributed by atoms with E-state index in [-0.39, 0.29) is 16.9 Å². The Morgan fingerprint density at radius 2 is 1.82 bits per heavy atom. The maximum atomic E-state index is 7.05. The van der Waals surface area contributed by atoms with Gasteiger partial charge in [0, 0.05) is 22.9 Å². The van der Waals surface area contributed by atoms with Gasteiger partial charge in [-0.3, -0.25) is 0 Å². The van der Waals surface area contributed by atoms with Gasteiger partial charge in [-0.2, -0.15) is 0 Å². The minimum Gasteiger partial charge on any atom is -0.489 e. The molecule has 0 unspecified atom stereocenters. The highest BCUT2D eigenvalue weighted by Crippen LogP contribution is 2.55. The Hall–Kier alpha value is -1.24. The highest BCUT2D eigenvalue weighted by Gasteiger charge is 2.63. The molecule has 0 amide bonds. The molecule has 120 valence electrons. The van der Waals surface area contributed by atoms with Gasteiger partial charge in [0.2, 0.25) is 5.69 Å². The summed E-state index contributed by atoms with van der Waals surface area (Å²) in [4.78, 5) is 3.38. The van der Waals surface area contributed by atoms with E-state index in [1.165, 1.54) is 0 Å². The van der Waals surface area contributed by atoms with Gasteiger partial charge in [-0.25, -0.2) is 4.85 Å². The SMILES string of the molecule is [C-]#[N+]c1ccc(OC2C(C)(C)C(NC(C)C)C2(C)C)cc1Cl. The second kappa shape index (κ2) is 5.76. The third-order valence-electron chi connectivity index (χ3n) is 4.63. The molecule has 1 saturated carbocycles. The molecule has 1 aliphatic carbocycles. The van der Waals surface area contributed by atoms with Crippen molar-refractivity contribution in [1.82, 2.24) is 5.32 Å². The van der Waals surface area contributed by atoms with Gasteiger partial charge in [0.15, 0.2) is 0 Å². The van der Waals surface area contributed by atoms with Gasteiger partial charge >= 0.3 is 0 Å². The Kier molecular flexibility index (Phi) is 4.48. The molecular weight excluding hydrogens is 296 g/mol. The molecule has 0 saturated heterocycles. The molecule has 2 rings (SSSR count). The number of rotatable bonds is 4. The third-order valence-corrected chi connectivity index (χ3v) is 4.94. The van der Waals surface area contributed by atoms with Gasteiger partial charge in [-0.15, -0.1) is 0 Å². The van der Waals surface area contributed by atoms with Crippen LogP contribution < -0.4 is 10.1 Å². The minimum absolute atomic E-state index is 0.0265. The highest BCUT2D eigenvalue weighted by molar-refractivity contribution is 6.33. The quantitative estimate of drug-likeness (QED) is 0.784. The Bertz CT molecular complexity index is 586. The molecular formula is C18H25ClN2O. The zero-order valence-corrected chi connectivity index (χ0v) is 15.0. The zero-order valence-electron chi connectivity index (χ0n) is 14.2. The normalized spacial score (nSPS) is 25.4. The monoisotopic (exact) mass is 320 g/mol. The summed E-state index contributed by atoms with van der Waals surface area (Å²) in [5.74, 6) is 0.728. The van der Waals surface area contributed by atoms with Gasteiger partial charge in [0.05, 0.1) is 11.6 Å². The molecule has 1 aliphatic rings. The molecule has 1 N–H and O–H groups in total. The number of halogens is 1. The first-order valence-corrected chi connectivity index (χ1v) is 8.08. The summed E-state index contributed by atoms with van der Waals surface area (Å²) < 4.78 is 6.25. The largest absolute Gasteiger partial charge is 0.489 e. The van der Waals surface area contributed by atoms with E-state index in [9.17, 15) is 0 Å². The molecule has 0 heterocycles. The van der Waals surface area contributed by atoms with Crippen LogP contribution in [0.25, 0.3) is 4.85 Å². The zero-order chi connectivity index (χ0) is 16.7. The molecule has 1 aromatic rings. The summed E-state index contributed by atoms with van der Waals surface area (Å²) in [5, 5.41) is 4.10. The van der Waals surface area contributed by atoms with Crippen LogP contribution in [-0.4, -0.2) is 18.2 Å². The first-order chi connectivity index (χ1) is 10.1. The Morgan fingerprint density at radius 1 is 1.23 bits per heavy atom. The molecule has 1 aromatic carbocycles. The Balaban J connectivity index is 2.20. The van der Waals surface area contributed by atoms with Crippen molar-refractivity contribution >= 4 is 17.3 Å². The van der Waals surface area contributed by atoms with Crippen molar-refractivity contribution in [2.24, 2.45) is 10.8 Å². The van der Waals surface area contributed by atoms with E-state index < -0.39 is 0 Å².